The van der Waals surface area contributed by atoms with Crippen molar-refractivity contribution < 1.29 is 14.4 Å². The minimum atomic E-state index is -0.739. The molecule has 2 aromatic carbocycles. The van der Waals surface area contributed by atoms with Gasteiger partial charge in [0.05, 0.1) is 17.3 Å². The number of hydrogen-bond donors (Lipinski definition) is 2. The fraction of sp³-hybridized carbons (Fsp3) is 0.444. The van der Waals surface area contributed by atoms with Gasteiger partial charge in [0.15, 0.2) is 0 Å². The number of carbonyl (C=O) groups is 3. The third-order valence-corrected chi connectivity index (χ3v) is 6.91. The van der Waals surface area contributed by atoms with E-state index in [4.69, 9.17) is 0 Å². The molecule has 1 atom stereocenters. The van der Waals surface area contributed by atoms with Crippen molar-refractivity contribution in [1.29, 1.82) is 0 Å². The van der Waals surface area contributed by atoms with Gasteiger partial charge in [-0.1, -0.05) is 61.7 Å². The van der Waals surface area contributed by atoms with E-state index in [9.17, 15) is 14.4 Å². The van der Waals surface area contributed by atoms with Crippen molar-refractivity contribution >= 4 is 23.4 Å². The van der Waals surface area contributed by atoms with Gasteiger partial charge in [0.25, 0.3) is 5.91 Å². The molecule has 2 aromatic rings. The van der Waals surface area contributed by atoms with Crippen LogP contribution in [-0.2, 0) is 9.59 Å². The molecular weight excluding hydrogens is 414 g/mol. The third-order valence-electron chi connectivity index (χ3n) is 6.91. The summed E-state index contributed by atoms with van der Waals surface area (Å²) in [6, 6.07) is 15.0. The Balaban J connectivity index is 1.51. The second-order valence-corrected chi connectivity index (χ2v) is 9.21. The number of nitrogens with zero attached hydrogens (tertiary/aromatic N) is 1. The number of amides is 3. The molecule has 0 spiro atoms. The fourth-order valence-electron chi connectivity index (χ4n) is 5.08. The van der Waals surface area contributed by atoms with Gasteiger partial charge in [-0.05, 0) is 55.7 Å². The zero-order valence-electron chi connectivity index (χ0n) is 19.3. The predicted molar refractivity (Wildman–Crippen MR) is 129 cm³/mol. The number of rotatable bonds is 5. The molecule has 1 heterocycles. The minimum absolute atomic E-state index is 0.101. The Morgan fingerprint density at radius 1 is 0.848 bits per heavy atom. The van der Waals surface area contributed by atoms with E-state index < -0.39 is 11.8 Å². The maximum Gasteiger partial charge on any atom is 0.313 e. The summed E-state index contributed by atoms with van der Waals surface area (Å²) in [5, 5.41) is 5.74. The number of benzene rings is 2. The summed E-state index contributed by atoms with van der Waals surface area (Å²) in [6.07, 6.45) is 7.55. The van der Waals surface area contributed by atoms with Crippen LogP contribution >= 0.6 is 0 Å². The van der Waals surface area contributed by atoms with Crippen LogP contribution < -0.4 is 10.6 Å². The van der Waals surface area contributed by atoms with Crippen LogP contribution in [0.5, 0.6) is 0 Å². The van der Waals surface area contributed by atoms with Crippen molar-refractivity contribution in [2.45, 2.75) is 57.9 Å². The van der Waals surface area contributed by atoms with Crippen LogP contribution in [0.25, 0.3) is 0 Å². The van der Waals surface area contributed by atoms with E-state index in [2.05, 4.69) is 10.6 Å². The highest BCUT2D eigenvalue weighted by atomic mass is 16.2. The van der Waals surface area contributed by atoms with Gasteiger partial charge in [0.1, 0.15) is 0 Å². The van der Waals surface area contributed by atoms with Crippen LogP contribution in [0.4, 0.5) is 5.69 Å². The number of aryl methyl sites for hydroxylation is 1. The molecule has 6 heteroatoms. The van der Waals surface area contributed by atoms with Crippen molar-refractivity contribution in [3.8, 4) is 0 Å². The highest BCUT2D eigenvalue weighted by Crippen LogP contribution is 2.34. The van der Waals surface area contributed by atoms with E-state index in [1.165, 1.54) is 6.42 Å². The van der Waals surface area contributed by atoms with Crippen molar-refractivity contribution in [3.63, 3.8) is 0 Å². The monoisotopic (exact) mass is 447 g/mol. The van der Waals surface area contributed by atoms with Gasteiger partial charge in [0.2, 0.25) is 0 Å². The summed E-state index contributed by atoms with van der Waals surface area (Å²) in [5.74, 6) is -1.20. The largest absolute Gasteiger partial charge is 0.341 e. The summed E-state index contributed by atoms with van der Waals surface area (Å²) in [5.41, 5.74) is 2.63. The summed E-state index contributed by atoms with van der Waals surface area (Å²) in [7, 11) is 0. The maximum absolute atomic E-state index is 13.0. The van der Waals surface area contributed by atoms with E-state index in [1.54, 1.807) is 11.0 Å². The van der Waals surface area contributed by atoms with E-state index in [-0.39, 0.29) is 11.9 Å². The molecule has 33 heavy (non-hydrogen) atoms. The number of carbonyl (C=O) groups excluding carboxylic acids is 3. The van der Waals surface area contributed by atoms with Crippen LogP contribution in [-0.4, -0.2) is 35.7 Å². The zero-order chi connectivity index (χ0) is 23.2. The van der Waals surface area contributed by atoms with E-state index in [0.29, 0.717) is 17.2 Å². The van der Waals surface area contributed by atoms with Crippen LogP contribution in [0, 0.1) is 12.8 Å². The van der Waals surface area contributed by atoms with Crippen LogP contribution in [0.3, 0.4) is 0 Å². The number of para-hydroxylation sites is 1. The molecule has 4 rings (SSSR count). The quantitative estimate of drug-likeness (QED) is 0.657. The van der Waals surface area contributed by atoms with Crippen LogP contribution in [0.1, 0.15) is 72.5 Å². The summed E-state index contributed by atoms with van der Waals surface area (Å²) < 4.78 is 0. The van der Waals surface area contributed by atoms with Gasteiger partial charge < -0.3 is 15.5 Å². The lowest BCUT2D eigenvalue weighted by molar-refractivity contribution is -0.137. The second kappa shape index (κ2) is 10.6. The lowest BCUT2D eigenvalue weighted by Gasteiger charge is -2.31. The Morgan fingerprint density at radius 3 is 2.24 bits per heavy atom. The smallest absolute Gasteiger partial charge is 0.313 e. The molecule has 3 amide bonds. The minimum Gasteiger partial charge on any atom is -0.341 e. The Hall–Kier alpha value is -3.15. The Morgan fingerprint density at radius 2 is 1.55 bits per heavy atom. The Bertz CT molecular complexity index is 993. The lowest BCUT2D eigenvalue weighted by Crippen LogP contribution is -2.41. The molecule has 6 nitrogen and oxygen atoms in total. The molecule has 0 unspecified atom stereocenters. The summed E-state index contributed by atoms with van der Waals surface area (Å²) >= 11 is 0. The zero-order valence-corrected chi connectivity index (χ0v) is 19.3. The van der Waals surface area contributed by atoms with Gasteiger partial charge in [-0.2, -0.15) is 0 Å². The van der Waals surface area contributed by atoms with Gasteiger partial charge in [0, 0.05) is 13.1 Å². The van der Waals surface area contributed by atoms with E-state index in [0.717, 1.165) is 62.7 Å². The van der Waals surface area contributed by atoms with E-state index >= 15 is 0 Å². The number of likely N-dealkylation sites (tertiary alicyclic amines) is 1. The molecule has 174 valence electrons. The van der Waals surface area contributed by atoms with Gasteiger partial charge in [-0.3, -0.25) is 14.4 Å². The maximum atomic E-state index is 13.0. The van der Waals surface area contributed by atoms with Crippen LogP contribution in [0.2, 0.25) is 0 Å². The molecule has 0 radical (unpaired) electrons. The lowest BCUT2D eigenvalue weighted by atomic mass is 9.81. The highest BCUT2D eigenvalue weighted by molar-refractivity contribution is 6.40. The molecule has 2 fully saturated rings. The average molecular weight is 448 g/mol. The topological polar surface area (TPSA) is 78.5 Å². The fourth-order valence-corrected chi connectivity index (χ4v) is 5.08. The molecule has 2 aliphatic rings. The first kappa shape index (κ1) is 23.0. The van der Waals surface area contributed by atoms with E-state index in [1.807, 2.05) is 49.4 Å². The number of nitrogens with one attached hydrogen (secondary N) is 2. The normalized spacial score (nSPS) is 17.4. The molecule has 0 aromatic heterocycles. The van der Waals surface area contributed by atoms with Gasteiger partial charge >= 0.3 is 11.8 Å². The third kappa shape index (κ3) is 5.44. The van der Waals surface area contributed by atoms with Crippen molar-refractivity contribution in [3.05, 3.63) is 65.2 Å². The molecule has 1 aliphatic heterocycles. The summed E-state index contributed by atoms with van der Waals surface area (Å²) in [4.78, 5) is 40.8. The van der Waals surface area contributed by atoms with Crippen molar-refractivity contribution in [2.75, 3.05) is 18.4 Å². The van der Waals surface area contributed by atoms with Crippen molar-refractivity contribution in [1.82, 2.24) is 10.2 Å². The van der Waals surface area contributed by atoms with Gasteiger partial charge in [-0.15, -0.1) is 0 Å². The molecule has 1 saturated carbocycles. The highest BCUT2D eigenvalue weighted by Gasteiger charge is 2.29. The molecule has 2 N–H and O–H groups in total. The molecule has 1 saturated heterocycles. The SMILES string of the molecule is Cc1cccc(C(=O)N2CCCC2)c1NC(=O)C(=O)N[C@@H](c1ccccc1)C1CCCCC1. The molecule has 1 aliphatic carbocycles. The molecular formula is C27H33N3O3. The Kier molecular flexibility index (Phi) is 7.43. The Labute approximate surface area is 195 Å². The predicted octanol–water partition coefficient (Wildman–Crippen LogP) is 4.61. The summed E-state index contributed by atoms with van der Waals surface area (Å²) in [6.45, 7) is 3.28. The van der Waals surface area contributed by atoms with Crippen molar-refractivity contribution in [2.24, 2.45) is 5.92 Å². The standard InChI is InChI=1S/C27H33N3O3/c1-19-11-10-16-22(27(33)30-17-8-9-18-30)23(19)28-25(31)26(32)29-24(20-12-4-2-5-13-20)21-14-6-3-7-15-21/h2,4-5,10-13,16,21,24H,3,6-9,14-15,17-18H2,1H3,(H,28,31)(H,29,32)/t24-/m0/s1. The number of anilines is 1. The molecule has 0 bridgehead atoms. The first-order valence-corrected chi connectivity index (χ1v) is 12.1. The average Bonchev–Trinajstić information content (AvgIpc) is 3.39. The van der Waals surface area contributed by atoms with Crippen LogP contribution in [0.15, 0.2) is 48.5 Å². The number of hydrogen-bond acceptors (Lipinski definition) is 3. The first-order chi connectivity index (χ1) is 16.0. The first-order valence-electron chi connectivity index (χ1n) is 12.1. The van der Waals surface area contributed by atoms with Gasteiger partial charge in [-0.25, -0.2) is 0 Å². The second-order valence-electron chi connectivity index (χ2n) is 9.21.